The van der Waals surface area contributed by atoms with Gasteiger partial charge in [-0.05, 0) is 19.4 Å². The predicted molar refractivity (Wildman–Crippen MR) is 86.0 cm³/mol. The molecular formula is C17H20N4O. The number of benzene rings is 1. The van der Waals surface area contributed by atoms with Crippen molar-refractivity contribution in [1.82, 2.24) is 14.9 Å². The number of hydrogen-bond donors (Lipinski definition) is 0. The molecule has 3 rings (SSSR count). The molecule has 1 aliphatic rings. The lowest BCUT2D eigenvalue weighted by molar-refractivity contribution is 0.0754. The molecule has 0 aliphatic carbocycles. The van der Waals surface area contributed by atoms with Crippen molar-refractivity contribution in [2.24, 2.45) is 0 Å². The SMILES string of the molecule is Cc1ccc(CN2CCN(C)c3nc(C)ncc3C2=O)cc1. The van der Waals surface area contributed by atoms with Crippen LogP contribution in [0.15, 0.2) is 30.5 Å². The number of carbonyl (C=O) groups is 1. The van der Waals surface area contributed by atoms with E-state index >= 15 is 0 Å². The Morgan fingerprint density at radius 3 is 2.59 bits per heavy atom. The fraction of sp³-hybridized carbons (Fsp3) is 0.353. The minimum absolute atomic E-state index is 0.0000694. The van der Waals surface area contributed by atoms with Crippen LogP contribution in [0.4, 0.5) is 5.82 Å². The average Bonchev–Trinajstić information content (AvgIpc) is 2.62. The van der Waals surface area contributed by atoms with Crippen LogP contribution in [0.25, 0.3) is 0 Å². The summed E-state index contributed by atoms with van der Waals surface area (Å²) in [4.78, 5) is 25.3. The molecule has 5 nitrogen and oxygen atoms in total. The highest BCUT2D eigenvalue weighted by Gasteiger charge is 2.26. The third-order valence-electron chi connectivity index (χ3n) is 3.97. The van der Waals surface area contributed by atoms with Crippen LogP contribution in [0, 0.1) is 13.8 Å². The summed E-state index contributed by atoms with van der Waals surface area (Å²) in [6, 6.07) is 8.29. The van der Waals surface area contributed by atoms with Crippen molar-refractivity contribution in [2.45, 2.75) is 20.4 Å². The Morgan fingerprint density at radius 1 is 1.14 bits per heavy atom. The highest BCUT2D eigenvalue weighted by molar-refractivity contribution is 5.99. The number of aromatic nitrogens is 2. The zero-order valence-electron chi connectivity index (χ0n) is 13.2. The van der Waals surface area contributed by atoms with Crippen molar-refractivity contribution >= 4 is 11.7 Å². The van der Waals surface area contributed by atoms with Crippen molar-refractivity contribution in [2.75, 3.05) is 25.0 Å². The monoisotopic (exact) mass is 296 g/mol. The Labute approximate surface area is 130 Å². The summed E-state index contributed by atoms with van der Waals surface area (Å²) in [5, 5.41) is 0. The molecule has 0 saturated heterocycles. The van der Waals surface area contributed by atoms with Crippen LogP contribution in [0.5, 0.6) is 0 Å². The zero-order chi connectivity index (χ0) is 15.7. The first-order valence-electron chi connectivity index (χ1n) is 7.44. The number of anilines is 1. The van der Waals surface area contributed by atoms with E-state index in [-0.39, 0.29) is 5.91 Å². The van der Waals surface area contributed by atoms with Gasteiger partial charge in [0.25, 0.3) is 5.91 Å². The van der Waals surface area contributed by atoms with Crippen LogP contribution in [-0.2, 0) is 6.54 Å². The highest BCUT2D eigenvalue weighted by Crippen LogP contribution is 2.22. The van der Waals surface area contributed by atoms with Crippen molar-refractivity contribution in [3.63, 3.8) is 0 Å². The van der Waals surface area contributed by atoms with Crippen LogP contribution in [0.1, 0.15) is 27.3 Å². The number of fused-ring (bicyclic) bond motifs is 1. The summed E-state index contributed by atoms with van der Waals surface area (Å²) in [7, 11) is 1.97. The zero-order valence-corrected chi connectivity index (χ0v) is 13.2. The molecule has 1 aromatic heterocycles. The van der Waals surface area contributed by atoms with Gasteiger partial charge >= 0.3 is 0 Å². The van der Waals surface area contributed by atoms with E-state index in [0.717, 1.165) is 17.9 Å². The van der Waals surface area contributed by atoms with Crippen LogP contribution < -0.4 is 4.90 Å². The molecule has 0 fully saturated rings. The minimum Gasteiger partial charge on any atom is -0.357 e. The lowest BCUT2D eigenvalue weighted by Crippen LogP contribution is -2.33. The normalized spacial score (nSPS) is 14.8. The van der Waals surface area contributed by atoms with E-state index in [1.807, 2.05) is 23.8 Å². The molecule has 0 spiro atoms. The number of amides is 1. The van der Waals surface area contributed by atoms with Crippen LogP contribution in [-0.4, -0.2) is 40.9 Å². The Morgan fingerprint density at radius 2 is 1.86 bits per heavy atom. The Bertz CT molecular complexity index is 696. The molecule has 0 saturated carbocycles. The summed E-state index contributed by atoms with van der Waals surface area (Å²) in [5.74, 6) is 1.41. The number of nitrogens with zero attached hydrogens (tertiary/aromatic N) is 4. The first kappa shape index (κ1) is 14.5. The summed E-state index contributed by atoms with van der Waals surface area (Å²) >= 11 is 0. The molecule has 1 aliphatic heterocycles. The summed E-state index contributed by atoms with van der Waals surface area (Å²) in [5.41, 5.74) is 2.94. The predicted octanol–water partition coefficient (Wildman–Crippen LogP) is 2.19. The summed E-state index contributed by atoms with van der Waals surface area (Å²) < 4.78 is 0. The lowest BCUT2D eigenvalue weighted by atomic mass is 10.1. The quantitative estimate of drug-likeness (QED) is 0.852. The standard InChI is InChI=1S/C17H20N4O/c1-12-4-6-14(7-5-12)11-21-9-8-20(3)16-15(17(21)22)10-18-13(2)19-16/h4-7,10H,8-9,11H2,1-3H3. The molecule has 5 heteroatoms. The molecule has 1 amide bonds. The van der Waals surface area contributed by atoms with Gasteiger partial charge < -0.3 is 9.80 Å². The van der Waals surface area contributed by atoms with E-state index < -0.39 is 0 Å². The topological polar surface area (TPSA) is 49.3 Å². The van der Waals surface area contributed by atoms with Gasteiger partial charge in [-0.3, -0.25) is 4.79 Å². The molecule has 2 aromatic rings. The van der Waals surface area contributed by atoms with E-state index in [1.54, 1.807) is 6.20 Å². The van der Waals surface area contributed by atoms with Crippen LogP contribution in [0.3, 0.4) is 0 Å². The maximum Gasteiger partial charge on any atom is 0.259 e. The van der Waals surface area contributed by atoms with Gasteiger partial charge in [-0.2, -0.15) is 0 Å². The third-order valence-corrected chi connectivity index (χ3v) is 3.97. The van der Waals surface area contributed by atoms with Gasteiger partial charge in [0.2, 0.25) is 0 Å². The second-order valence-electron chi connectivity index (χ2n) is 5.79. The van der Waals surface area contributed by atoms with E-state index in [2.05, 4.69) is 41.2 Å². The van der Waals surface area contributed by atoms with Crippen molar-refractivity contribution < 1.29 is 4.79 Å². The molecule has 2 heterocycles. The van der Waals surface area contributed by atoms with Crippen molar-refractivity contribution in [3.8, 4) is 0 Å². The molecule has 1 aromatic carbocycles. The molecule has 0 atom stereocenters. The van der Waals surface area contributed by atoms with Crippen molar-refractivity contribution in [1.29, 1.82) is 0 Å². The Balaban J connectivity index is 1.89. The first-order chi connectivity index (χ1) is 10.5. The second-order valence-corrected chi connectivity index (χ2v) is 5.79. The number of likely N-dealkylation sites (N-methyl/N-ethyl adjacent to an activating group) is 1. The molecule has 0 unspecified atom stereocenters. The highest BCUT2D eigenvalue weighted by atomic mass is 16.2. The second kappa shape index (κ2) is 5.75. The molecule has 0 radical (unpaired) electrons. The molecule has 22 heavy (non-hydrogen) atoms. The smallest absolute Gasteiger partial charge is 0.259 e. The molecule has 0 bridgehead atoms. The van der Waals surface area contributed by atoms with E-state index in [0.29, 0.717) is 24.5 Å². The van der Waals surface area contributed by atoms with E-state index in [4.69, 9.17) is 0 Å². The average molecular weight is 296 g/mol. The summed E-state index contributed by atoms with van der Waals surface area (Å²) in [6.07, 6.45) is 1.64. The molecule has 0 N–H and O–H groups in total. The third kappa shape index (κ3) is 2.79. The van der Waals surface area contributed by atoms with Gasteiger partial charge in [-0.15, -0.1) is 0 Å². The van der Waals surface area contributed by atoms with Gasteiger partial charge in [-0.1, -0.05) is 29.8 Å². The fourth-order valence-electron chi connectivity index (χ4n) is 2.61. The number of aryl methyl sites for hydroxylation is 2. The molecular weight excluding hydrogens is 276 g/mol. The van der Waals surface area contributed by atoms with Crippen LogP contribution in [0.2, 0.25) is 0 Å². The summed E-state index contributed by atoms with van der Waals surface area (Å²) in [6.45, 7) is 5.96. The van der Waals surface area contributed by atoms with Gasteiger partial charge in [0.1, 0.15) is 17.2 Å². The van der Waals surface area contributed by atoms with E-state index in [1.165, 1.54) is 5.56 Å². The largest absolute Gasteiger partial charge is 0.357 e. The number of hydrogen-bond acceptors (Lipinski definition) is 4. The van der Waals surface area contributed by atoms with Crippen molar-refractivity contribution in [3.05, 3.63) is 53.0 Å². The van der Waals surface area contributed by atoms with Gasteiger partial charge in [-0.25, -0.2) is 9.97 Å². The fourth-order valence-corrected chi connectivity index (χ4v) is 2.61. The maximum absolute atomic E-state index is 12.8. The van der Waals surface area contributed by atoms with Gasteiger partial charge in [0, 0.05) is 32.9 Å². The Hall–Kier alpha value is -2.43. The number of carbonyl (C=O) groups excluding carboxylic acids is 1. The molecule has 114 valence electrons. The van der Waals surface area contributed by atoms with Gasteiger partial charge in [0.05, 0.1) is 0 Å². The lowest BCUT2D eigenvalue weighted by Gasteiger charge is -2.21. The maximum atomic E-state index is 12.8. The number of rotatable bonds is 2. The first-order valence-corrected chi connectivity index (χ1v) is 7.44. The van der Waals surface area contributed by atoms with Gasteiger partial charge in [0.15, 0.2) is 0 Å². The van der Waals surface area contributed by atoms with Crippen LogP contribution >= 0.6 is 0 Å². The Kier molecular flexibility index (Phi) is 3.79. The minimum atomic E-state index is -0.0000694. The van der Waals surface area contributed by atoms with E-state index in [9.17, 15) is 4.79 Å².